The summed E-state index contributed by atoms with van der Waals surface area (Å²) in [6.07, 6.45) is 3.10. The summed E-state index contributed by atoms with van der Waals surface area (Å²) in [6.45, 7) is 1.98. The molecule has 0 unspecified atom stereocenters. The van der Waals surface area contributed by atoms with Crippen LogP contribution in [0.4, 0.5) is 0 Å². The van der Waals surface area contributed by atoms with E-state index in [-0.39, 0.29) is 10.8 Å². The number of carbonyl (C=O) groups is 1. The van der Waals surface area contributed by atoms with Gasteiger partial charge in [0.2, 0.25) is 0 Å². The SMILES string of the molecule is Cc1ncc(S(=O)(=O)N2CCCC[C@@H]2C(=O)O)s1. The van der Waals surface area contributed by atoms with E-state index in [2.05, 4.69) is 4.98 Å². The van der Waals surface area contributed by atoms with Crippen LogP contribution < -0.4 is 0 Å². The van der Waals surface area contributed by atoms with E-state index >= 15 is 0 Å². The van der Waals surface area contributed by atoms with Gasteiger partial charge in [-0.2, -0.15) is 4.31 Å². The molecule has 0 saturated carbocycles. The largest absolute Gasteiger partial charge is 0.480 e. The Morgan fingerprint density at radius 1 is 1.56 bits per heavy atom. The quantitative estimate of drug-likeness (QED) is 0.900. The van der Waals surface area contributed by atoms with Crippen LogP contribution in [0.1, 0.15) is 24.3 Å². The highest BCUT2D eigenvalue weighted by atomic mass is 32.2. The molecular formula is C10H14N2O4S2. The van der Waals surface area contributed by atoms with Crippen LogP contribution >= 0.6 is 11.3 Å². The van der Waals surface area contributed by atoms with E-state index < -0.39 is 22.0 Å². The third-order valence-electron chi connectivity index (χ3n) is 2.90. The van der Waals surface area contributed by atoms with E-state index in [0.717, 1.165) is 22.1 Å². The number of thiazole rings is 1. The molecule has 1 N–H and O–H groups in total. The first-order chi connectivity index (χ1) is 8.43. The van der Waals surface area contributed by atoms with E-state index in [9.17, 15) is 13.2 Å². The molecule has 8 heteroatoms. The van der Waals surface area contributed by atoms with Gasteiger partial charge in [-0.05, 0) is 26.2 Å². The van der Waals surface area contributed by atoms with E-state index in [0.29, 0.717) is 17.8 Å². The van der Waals surface area contributed by atoms with Crippen LogP contribution in [0.15, 0.2) is 10.4 Å². The number of nitrogens with zero attached hydrogens (tertiary/aromatic N) is 2. The Balaban J connectivity index is 2.36. The summed E-state index contributed by atoms with van der Waals surface area (Å²) in [4.78, 5) is 15.0. The second-order valence-corrected chi connectivity index (χ2v) is 7.52. The summed E-state index contributed by atoms with van der Waals surface area (Å²) in [5.41, 5.74) is 0. The number of rotatable bonds is 3. The van der Waals surface area contributed by atoms with Crippen molar-refractivity contribution in [3.8, 4) is 0 Å². The minimum atomic E-state index is -3.73. The minimum Gasteiger partial charge on any atom is -0.480 e. The number of aryl methyl sites for hydroxylation is 1. The number of carboxylic acid groups (broad SMARTS) is 1. The lowest BCUT2D eigenvalue weighted by atomic mass is 10.1. The van der Waals surface area contributed by atoms with Crippen molar-refractivity contribution in [2.75, 3.05) is 6.54 Å². The predicted molar refractivity (Wildman–Crippen MR) is 66.0 cm³/mol. The molecule has 1 fully saturated rings. The lowest BCUT2D eigenvalue weighted by molar-refractivity contribution is -0.142. The molecule has 0 bridgehead atoms. The maximum Gasteiger partial charge on any atom is 0.322 e. The van der Waals surface area contributed by atoms with Gasteiger partial charge in [0.15, 0.2) is 4.21 Å². The molecule has 100 valence electrons. The second-order valence-electron chi connectivity index (χ2n) is 4.16. The molecule has 2 rings (SSSR count). The van der Waals surface area contributed by atoms with Crippen molar-refractivity contribution in [1.82, 2.24) is 9.29 Å². The maximum atomic E-state index is 12.3. The van der Waals surface area contributed by atoms with Gasteiger partial charge in [0.25, 0.3) is 10.0 Å². The fraction of sp³-hybridized carbons (Fsp3) is 0.600. The van der Waals surface area contributed by atoms with Gasteiger partial charge >= 0.3 is 5.97 Å². The third-order valence-corrected chi connectivity index (χ3v) is 6.16. The molecule has 0 aliphatic carbocycles. The molecular weight excluding hydrogens is 276 g/mol. The molecule has 1 aliphatic rings. The van der Waals surface area contributed by atoms with Crippen LogP contribution in [0.3, 0.4) is 0 Å². The van der Waals surface area contributed by atoms with Crippen LogP contribution in [0.25, 0.3) is 0 Å². The van der Waals surface area contributed by atoms with Crippen molar-refractivity contribution in [2.45, 2.75) is 36.4 Å². The van der Waals surface area contributed by atoms with Crippen LogP contribution in [-0.4, -0.2) is 41.4 Å². The Bertz CT molecular complexity index is 552. The van der Waals surface area contributed by atoms with Crippen LogP contribution in [-0.2, 0) is 14.8 Å². The molecule has 0 radical (unpaired) electrons. The normalized spacial score (nSPS) is 21.9. The molecule has 1 aliphatic heterocycles. The number of piperidine rings is 1. The highest BCUT2D eigenvalue weighted by molar-refractivity contribution is 7.91. The number of carboxylic acids is 1. The Hall–Kier alpha value is -0.990. The van der Waals surface area contributed by atoms with E-state index in [1.54, 1.807) is 6.92 Å². The maximum absolute atomic E-state index is 12.3. The van der Waals surface area contributed by atoms with E-state index in [1.807, 2.05) is 0 Å². The van der Waals surface area contributed by atoms with Crippen molar-refractivity contribution < 1.29 is 18.3 Å². The summed E-state index contributed by atoms with van der Waals surface area (Å²) in [6, 6.07) is -0.953. The predicted octanol–water partition coefficient (Wildman–Crippen LogP) is 1.08. The summed E-state index contributed by atoms with van der Waals surface area (Å²) in [5.74, 6) is -1.08. The summed E-state index contributed by atoms with van der Waals surface area (Å²) < 4.78 is 25.9. The first-order valence-corrected chi connectivity index (χ1v) is 7.85. The summed E-state index contributed by atoms with van der Waals surface area (Å²) in [5, 5.41) is 9.76. The van der Waals surface area contributed by atoms with Gasteiger partial charge in [-0.15, -0.1) is 11.3 Å². The molecule has 1 aromatic rings. The van der Waals surface area contributed by atoms with E-state index in [4.69, 9.17) is 5.11 Å². The van der Waals surface area contributed by atoms with Gasteiger partial charge in [-0.1, -0.05) is 0 Å². The van der Waals surface area contributed by atoms with Gasteiger partial charge in [0.1, 0.15) is 6.04 Å². The Labute approximate surface area is 109 Å². The fourth-order valence-electron chi connectivity index (χ4n) is 2.02. The monoisotopic (exact) mass is 290 g/mol. The van der Waals surface area contributed by atoms with E-state index in [1.165, 1.54) is 6.20 Å². The second kappa shape index (κ2) is 4.94. The zero-order valence-electron chi connectivity index (χ0n) is 9.87. The molecule has 0 aromatic carbocycles. The topological polar surface area (TPSA) is 87.6 Å². The number of aliphatic carboxylic acids is 1. The molecule has 1 saturated heterocycles. The molecule has 0 spiro atoms. The average molecular weight is 290 g/mol. The van der Waals surface area contributed by atoms with Crippen molar-refractivity contribution >= 4 is 27.3 Å². The summed E-state index contributed by atoms with van der Waals surface area (Å²) >= 11 is 1.07. The van der Waals surface area contributed by atoms with Crippen LogP contribution in [0, 0.1) is 6.92 Å². The Morgan fingerprint density at radius 2 is 2.28 bits per heavy atom. The van der Waals surface area contributed by atoms with Gasteiger partial charge in [-0.3, -0.25) is 4.79 Å². The zero-order valence-corrected chi connectivity index (χ0v) is 11.5. The minimum absolute atomic E-state index is 0.119. The highest BCUT2D eigenvalue weighted by Crippen LogP contribution is 2.28. The van der Waals surface area contributed by atoms with Gasteiger partial charge in [-0.25, -0.2) is 13.4 Å². The van der Waals surface area contributed by atoms with Crippen molar-refractivity contribution in [3.63, 3.8) is 0 Å². The lowest BCUT2D eigenvalue weighted by Crippen LogP contribution is -2.47. The first kappa shape index (κ1) is 13.4. The number of hydrogen-bond acceptors (Lipinski definition) is 5. The van der Waals surface area contributed by atoms with Gasteiger partial charge < -0.3 is 5.11 Å². The smallest absolute Gasteiger partial charge is 0.322 e. The van der Waals surface area contributed by atoms with Crippen LogP contribution in [0.2, 0.25) is 0 Å². The molecule has 0 amide bonds. The molecule has 1 aromatic heterocycles. The molecule has 18 heavy (non-hydrogen) atoms. The lowest BCUT2D eigenvalue weighted by Gasteiger charge is -2.31. The first-order valence-electron chi connectivity index (χ1n) is 5.60. The fourth-order valence-corrected chi connectivity index (χ4v) is 4.91. The highest BCUT2D eigenvalue weighted by Gasteiger charge is 2.38. The third kappa shape index (κ3) is 2.40. The molecule has 6 nitrogen and oxygen atoms in total. The Kier molecular flexibility index (Phi) is 3.69. The number of sulfonamides is 1. The molecule has 2 heterocycles. The summed E-state index contributed by atoms with van der Waals surface area (Å²) in [7, 11) is -3.73. The van der Waals surface area contributed by atoms with Crippen molar-refractivity contribution in [1.29, 1.82) is 0 Å². The Morgan fingerprint density at radius 3 is 2.83 bits per heavy atom. The van der Waals surface area contributed by atoms with Gasteiger partial charge in [0.05, 0.1) is 11.2 Å². The zero-order chi connectivity index (χ0) is 13.3. The van der Waals surface area contributed by atoms with Crippen molar-refractivity contribution in [2.24, 2.45) is 0 Å². The van der Waals surface area contributed by atoms with Crippen molar-refractivity contribution in [3.05, 3.63) is 11.2 Å². The number of aromatic nitrogens is 1. The number of hydrogen-bond donors (Lipinski definition) is 1. The standard InChI is InChI=1S/C10H14N2O4S2/c1-7-11-6-9(17-7)18(15,16)12-5-3-2-4-8(12)10(13)14/h6,8H,2-5H2,1H3,(H,13,14)/t8-/m1/s1. The molecule has 1 atom stereocenters. The van der Waals surface area contributed by atoms with Gasteiger partial charge in [0, 0.05) is 6.54 Å². The van der Waals surface area contributed by atoms with Crippen LogP contribution in [0.5, 0.6) is 0 Å². The average Bonchev–Trinajstić information content (AvgIpc) is 2.76.